The molecule has 0 heterocycles. The summed E-state index contributed by atoms with van der Waals surface area (Å²) in [7, 11) is 0. The van der Waals surface area contributed by atoms with E-state index >= 15 is 0 Å². The van der Waals surface area contributed by atoms with Crippen LogP contribution in [-0.4, -0.2) is 40.5 Å². The molecule has 0 aliphatic heterocycles. The molecule has 0 fully saturated rings. The number of hydrogen-bond acceptors (Lipinski definition) is 4. The van der Waals surface area contributed by atoms with Crippen molar-refractivity contribution in [2.24, 2.45) is 0 Å². The van der Waals surface area contributed by atoms with E-state index in [1.807, 2.05) is 18.2 Å². The minimum Gasteiger partial charge on any atom is -0.480 e. The van der Waals surface area contributed by atoms with E-state index in [1.165, 1.54) is 11.8 Å². The van der Waals surface area contributed by atoms with Crippen LogP contribution in [0.3, 0.4) is 0 Å². The van der Waals surface area contributed by atoms with E-state index in [1.54, 1.807) is 6.07 Å². The molecule has 110 valence electrons. The Morgan fingerprint density at radius 2 is 2.05 bits per heavy atom. The first-order valence-electron chi connectivity index (χ1n) is 6.05. The summed E-state index contributed by atoms with van der Waals surface area (Å²) in [6.45, 7) is -0.286. The minimum absolute atomic E-state index is 0.00126. The highest BCUT2D eigenvalue weighted by atomic mass is 35.5. The van der Waals surface area contributed by atoms with Gasteiger partial charge in [0.15, 0.2) is 0 Å². The van der Waals surface area contributed by atoms with E-state index < -0.39 is 12.0 Å². The van der Waals surface area contributed by atoms with Gasteiger partial charge in [0.05, 0.1) is 5.02 Å². The van der Waals surface area contributed by atoms with Gasteiger partial charge >= 0.3 is 5.97 Å². The number of nitrogens with one attached hydrogen (secondary N) is 1. The number of aliphatic hydroxyl groups excluding tert-OH is 1. The second-order valence-corrected chi connectivity index (χ2v) is 5.54. The topological polar surface area (TPSA) is 86.6 Å². The van der Waals surface area contributed by atoms with Crippen LogP contribution in [0.1, 0.15) is 12.8 Å². The van der Waals surface area contributed by atoms with Crippen molar-refractivity contribution in [2.45, 2.75) is 23.8 Å². The molecular weight excluding hydrogens is 302 g/mol. The first-order chi connectivity index (χ1) is 9.54. The van der Waals surface area contributed by atoms with Crippen LogP contribution in [0.25, 0.3) is 0 Å². The van der Waals surface area contributed by atoms with Crippen LogP contribution in [0.2, 0.25) is 5.02 Å². The highest BCUT2D eigenvalue weighted by Gasteiger charge is 2.18. The Labute approximate surface area is 126 Å². The molecule has 1 rings (SSSR count). The largest absolute Gasteiger partial charge is 0.480 e. The molecule has 7 heteroatoms. The van der Waals surface area contributed by atoms with Gasteiger partial charge in [0.1, 0.15) is 6.04 Å². The molecule has 1 aromatic carbocycles. The number of aliphatic hydroxyl groups is 1. The molecule has 1 aromatic rings. The number of carboxylic acids is 1. The van der Waals surface area contributed by atoms with E-state index in [2.05, 4.69) is 5.32 Å². The van der Waals surface area contributed by atoms with Gasteiger partial charge < -0.3 is 15.5 Å². The Kier molecular flexibility index (Phi) is 7.43. The molecule has 0 bridgehead atoms. The monoisotopic (exact) mass is 317 g/mol. The molecule has 1 amide bonds. The summed E-state index contributed by atoms with van der Waals surface area (Å²) in [4.78, 5) is 23.3. The lowest BCUT2D eigenvalue weighted by atomic mass is 10.2. The Bertz CT molecular complexity index is 469. The minimum atomic E-state index is -1.15. The number of amides is 1. The lowest BCUT2D eigenvalue weighted by molar-refractivity contribution is -0.142. The van der Waals surface area contributed by atoms with E-state index in [0.29, 0.717) is 10.8 Å². The molecule has 0 aliphatic rings. The first-order valence-corrected chi connectivity index (χ1v) is 7.41. The van der Waals surface area contributed by atoms with Gasteiger partial charge in [-0.25, -0.2) is 4.79 Å². The number of carboxylic acid groups (broad SMARTS) is 1. The number of carbonyl (C=O) groups excluding carboxylic acids is 1. The fourth-order valence-corrected chi connectivity index (χ4v) is 2.66. The van der Waals surface area contributed by atoms with Crippen LogP contribution in [-0.2, 0) is 9.59 Å². The van der Waals surface area contributed by atoms with Gasteiger partial charge in [-0.3, -0.25) is 4.79 Å². The average Bonchev–Trinajstić information content (AvgIpc) is 2.40. The molecule has 0 saturated carbocycles. The number of hydrogen-bond donors (Lipinski definition) is 3. The first kappa shape index (κ1) is 16.8. The van der Waals surface area contributed by atoms with Crippen molar-refractivity contribution in [3.63, 3.8) is 0 Å². The summed E-state index contributed by atoms with van der Waals surface area (Å²) in [6.07, 6.45) is 0.184. The average molecular weight is 318 g/mol. The molecule has 3 N–H and O–H groups in total. The molecule has 20 heavy (non-hydrogen) atoms. The van der Waals surface area contributed by atoms with E-state index in [4.69, 9.17) is 21.8 Å². The third-order valence-corrected chi connectivity index (χ3v) is 3.99. The molecule has 0 saturated heterocycles. The molecule has 5 nitrogen and oxygen atoms in total. The second kappa shape index (κ2) is 8.84. The fourth-order valence-electron chi connectivity index (χ4n) is 1.47. The summed E-state index contributed by atoms with van der Waals surface area (Å²) in [5.74, 6) is -1.00. The number of carbonyl (C=O) groups is 2. The fraction of sp³-hybridized carbons (Fsp3) is 0.385. The molecule has 0 aromatic heterocycles. The zero-order valence-corrected chi connectivity index (χ0v) is 12.3. The third-order valence-electron chi connectivity index (χ3n) is 2.47. The van der Waals surface area contributed by atoms with Crippen LogP contribution >= 0.6 is 23.4 Å². The Morgan fingerprint density at radius 3 is 2.65 bits per heavy atom. The van der Waals surface area contributed by atoms with Crippen LogP contribution in [0.5, 0.6) is 0 Å². The molecule has 0 spiro atoms. The van der Waals surface area contributed by atoms with E-state index in [-0.39, 0.29) is 25.4 Å². The summed E-state index contributed by atoms with van der Waals surface area (Å²) >= 11 is 7.41. The zero-order valence-electron chi connectivity index (χ0n) is 10.7. The van der Waals surface area contributed by atoms with Crippen LogP contribution in [0.4, 0.5) is 0 Å². The lowest BCUT2D eigenvalue weighted by Crippen LogP contribution is -2.41. The van der Waals surface area contributed by atoms with Crippen molar-refractivity contribution in [1.82, 2.24) is 5.32 Å². The maximum absolute atomic E-state index is 11.6. The number of benzene rings is 1. The van der Waals surface area contributed by atoms with Crippen molar-refractivity contribution in [1.29, 1.82) is 0 Å². The predicted octanol–water partition coefficient (Wildman–Crippen LogP) is 1.77. The molecule has 0 unspecified atom stereocenters. The van der Waals surface area contributed by atoms with Crippen LogP contribution in [0.15, 0.2) is 29.2 Å². The second-order valence-electron chi connectivity index (χ2n) is 4.00. The molecule has 0 radical (unpaired) electrons. The smallest absolute Gasteiger partial charge is 0.326 e. The van der Waals surface area contributed by atoms with Gasteiger partial charge in [-0.15, -0.1) is 11.8 Å². The number of aliphatic carboxylic acids is 1. The van der Waals surface area contributed by atoms with Gasteiger partial charge in [-0.2, -0.15) is 0 Å². The van der Waals surface area contributed by atoms with Crippen LogP contribution < -0.4 is 5.32 Å². The maximum Gasteiger partial charge on any atom is 0.326 e. The summed E-state index contributed by atoms with van der Waals surface area (Å²) in [6, 6.07) is 6.27. The summed E-state index contributed by atoms with van der Waals surface area (Å²) in [5.41, 5.74) is 0. The lowest BCUT2D eigenvalue weighted by Gasteiger charge is -2.13. The zero-order chi connectivity index (χ0) is 15.0. The Hall–Kier alpha value is -1.24. The Morgan fingerprint density at radius 1 is 1.35 bits per heavy atom. The van der Waals surface area contributed by atoms with Gasteiger partial charge in [0.2, 0.25) is 5.91 Å². The van der Waals surface area contributed by atoms with Gasteiger partial charge in [0, 0.05) is 30.1 Å². The van der Waals surface area contributed by atoms with Crippen molar-refractivity contribution in [3.8, 4) is 0 Å². The number of rotatable bonds is 8. The Balaban J connectivity index is 2.36. The van der Waals surface area contributed by atoms with Crippen molar-refractivity contribution in [2.75, 3.05) is 12.4 Å². The summed E-state index contributed by atoms with van der Waals surface area (Å²) < 4.78 is 0. The quantitative estimate of drug-likeness (QED) is 0.636. The standard InChI is InChI=1S/C13H16ClNO4S/c14-9-3-1-2-4-11(9)20-8-6-12(17)15-10(5-7-16)13(18)19/h1-4,10,16H,5-8H2,(H,15,17)(H,18,19)/t10-/m1/s1. The number of thioether (sulfide) groups is 1. The molecule has 0 aliphatic carbocycles. The number of halogens is 1. The van der Waals surface area contributed by atoms with Crippen molar-refractivity contribution < 1.29 is 19.8 Å². The SMILES string of the molecule is O=C(CCSc1ccccc1Cl)N[C@H](CCO)C(=O)O. The van der Waals surface area contributed by atoms with Crippen molar-refractivity contribution in [3.05, 3.63) is 29.3 Å². The van der Waals surface area contributed by atoms with Gasteiger partial charge in [-0.05, 0) is 12.1 Å². The van der Waals surface area contributed by atoms with E-state index in [0.717, 1.165) is 4.90 Å². The predicted molar refractivity (Wildman–Crippen MR) is 78.1 cm³/mol. The van der Waals surface area contributed by atoms with E-state index in [9.17, 15) is 9.59 Å². The van der Waals surface area contributed by atoms with Gasteiger partial charge in [-0.1, -0.05) is 23.7 Å². The molecular formula is C13H16ClNO4S. The van der Waals surface area contributed by atoms with Crippen molar-refractivity contribution >= 4 is 35.2 Å². The third kappa shape index (κ3) is 5.81. The molecule has 1 atom stereocenters. The highest BCUT2D eigenvalue weighted by Crippen LogP contribution is 2.26. The van der Waals surface area contributed by atoms with Crippen LogP contribution in [0, 0.1) is 0 Å². The summed E-state index contributed by atoms with van der Waals surface area (Å²) in [5, 5.41) is 20.6. The highest BCUT2D eigenvalue weighted by molar-refractivity contribution is 7.99. The van der Waals surface area contributed by atoms with Gasteiger partial charge in [0.25, 0.3) is 0 Å². The maximum atomic E-state index is 11.6. The normalized spacial score (nSPS) is 11.9.